The molecule has 0 radical (unpaired) electrons. The maximum atomic E-state index is 14.6. The van der Waals surface area contributed by atoms with E-state index in [4.69, 9.17) is 4.74 Å². The summed E-state index contributed by atoms with van der Waals surface area (Å²) in [5.41, 5.74) is 0.523. The minimum atomic E-state index is -0.845. The second-order valence-corrected chi connectivity index (χ2v) is 9.98. The summed E-state index contributed by atoms with van der Waals surface area (Å²) >= 11 is 0. The van der Waals surface area contributed by atoms with E-state index < -0.39 is 23.3 Å². The zero-order chi connectivity index (χ0) is 22.3. The molecular formula is C23H31F2N3O2. The highest BCUT2D eigenvalue weighted by atomic mass is 19.2. The third-order valence-electron chi connectivity index (χ3n) is 5.29. The van der Waals surface area contributed by atoms with Crippen LogP contribution in [-0.4, -0.2) is 21.2 Å². The fourth-order valence-electron chi connectivity index (χ4n) is 3.94. The van der Waals surface area contributed by atoms with E-state index in [-0.39, 0.29) is 17.4 Å². The Labute approximate surface area is 176 Å². The summed E-state index contributed by atoms with van der Waals surface area (Å²) in [4.78, 5) is 17.0. The molecule has 1 N–H and O–H groups in total. The molecule has 0 saturated carbocycles. The number of halogens is 2. The number of hydrogen-bond acceptors (Lipinski definition) is 3. The molecule has 7 heteroatoms. The molecule has 2 aromatic rings. The van der Waals surface area contributed by atoms with Gasteiger partial charge < -0.3 is 14.6 Å². The molecule has 1 aliphatic heterocycles. The standard InChI is InChI=1S/C23H31F2N3O2/c1-22(2,3)18-12-26-20-17(27-21(29)30-23(4,5)6)11-10-14(13-28(18)20)15-8-7-9-16(24)19(15)25/h7-9,12,14,17H,10-11,13H2,1-6H3,(H,27,29)/t14-,17-/m1/s1. The number of carbonyl (C=O) groups is 1. The minimum absolute atomic E-state index is 0.197. The first kappa shape index (κ1) is 22.2. The SMILES string of the molecule is CC(C)(C)OC(=O)N[C@@H]1CC[C@@H](c2cccc(F)c2F)Cn2c(C(C)(C)C)cnc21. The van der Waals surface area contributed by atoms with Gasteiger partial charge in [-0.1, -0.05) is 32.9 Å². The van der Waals surface area contributed by atoms with Gasteiger partial charge in [-0.05, 0) is 45.2 Å². The van der Waals surface area contributed by atoms with E-state index in [0.717, 1.165) is 11.8 Å². The van der Waals surface area contributed by atoms with Gasteiger partial charge in [0.2, 0.25) is 0 Å². The summed E-state index contributed by atoms with van der Waals surface area (Å²) in [5, 5.41) is 2.92. The first-order valence-corrected chi connectivity index (χ1v) is 10.4. The molecule has 0 saturated heterocycles. The van der Waals surface area contributed by atoms with Crippen LogP contribution in [0.4, 0.5) is 13.6 Å². The molecule has 0 unspecified atom stereocenters. The monoisotopic (exact) mass is 419 g/mol. The van der Waals surface area contributed by atoms with Crippen molar-refractivity contribution in [3.63, 3.8) is 0 Å². The molecule has 0 aliphatic carbocycles. The summed E-state index contributed by atoms with van der Waals surface area (Å²) in [7, 11) is 0. The summed E-state index contributed by atoms with van der Waals surface area (Å²) < 4.78 is 35.9. The lowest BCUT2D eigenvalue weighted by molar-refractivity contribution is 0.0498. The fourth-order valence-corrected chi connectivity index (χ4v) is 3.94. The number of benzene rings is 1. The first-order chi connectivity index (χ1) is 13.9. The molecule has 0 spiro atoms. The molecule has 3 rings (SSSR count). The largest absolute Gasteiger partial charge is 0.444 e. The van der Waals surface area contributed by atoms with Crippen molar-refractivity contribution >= 4 is 6.09 Å². The van der Waals surface area contributed by atoms with Gasteiger partial charge in [0.1, 0.15) is 11.4 Å². The number of nitrogens with zero attached hydrogens (tertiary/aromatic N) is 2. The van der Waals surface area contributed by atoms with Crippen LogP contribution in [0.1, 0.15) is 83.4 Å². The van der Waals surface area contributed by atoms with Crippen LogP contribution in [0.25, 0.3) is 0 Å². The number of hydrogen-bond donors (Lipinski definition) is 1. The number of ether oxygens (including phenoxy) is 1. The predicted molar refractivity (Wildman–Crippen MR) is 111 cm³/mol. The van der Waals surface area contributed by atoms with Crippen LogP contribution in [-0.2, 0) is 16.7 Å². The Morgan fingerprint density at radius 2 is 1.87 bits per heavy atom. The maximum absolute atomic E-state index is 14.6. The van der Waals surface area contributed by atoms with Crippen LogP contribution in [0.3, 0.4) is 0 Å². The first-order valence-electron chi connectivity index (χ1n) is 10.4. The summed E-state index contributed by atoms with van der Waals surface area (Å²) in [6, 6.07) is 3.93. The number of imidazole rings is 1. The lowest BCUT2D eigenvalue weighted by Gasteiger charge is -2.25. The highest BCUT2D eigenvalue weighted by Crippen LogP contribution is 2.37. The van der Waals surface area contributed by atoms with Crippen LogP contribution in [0.2, 0.25) is 0 Å². The van der Waals surface area contributed by atoms with E-state index in [1.54, 1.807) is 26.8 Å². The quantitative estimate of drug-likeness (QED) is 0.689. The normalized spacial score (nSPS) is 19.7. The molecule has 1 aromatic carbocycles. The van der Waals surface area contributed by atoms with Crippen LogP contribution in [0.15, 0.2) is 24.4 Å². The predicted octanol–water partition coefficient (Wildman–Crippen LogP) is 5.60. The zero-order valence-corrected chi connectivity index (χ0v) is 18.6. The van der Waals surface area contributed by atoms with Gasteiger partial charge in [-0.25, -0.2) is 18.6 Å². The lowest BCUT2D eigenvalue weighted by Crippen LogP contribution is -2.35. The van der Waals surface area contributed by atoms with Gasteiger partial charge in [-0.3, -0.25) is 0 Å². The second kappa shape index (κ2) is 8.00. The van der Waals surface area contributed by atoms with Crippen molar-refractivity contribution in [2.75, 3.05) is 0 Å². The molecular weight excluding hydrogens is 388 g/mol. The van der Waals surface area contributed by atoms with Crippen molar-refractivity contribution in [1.82, 2.24) is 14.9 Å². The van der Waals surface area contributed by atoms with Crippen molar-refractivity contribution in [3.8, 4) is 0 Å². The Bertz CT molecular complexity index is 926. The topological polar surface area (TPSA) is 56.1 Å². The summed E-state index contributed by atoms with van der Waals surface area (Å²) in [6.45, 7) is 12.1. The van der Waals surface area contributed by atoms with E-state index in [9.17, 15) is 13.6 Å². The second-order valence-electron chi connectivity index (χ2n) is 9.98. The number of carbonyl (C=O) groups excluding carboxylic acids is 1. The van der Waals surface area contributed by atoms with Gasteiger partial charge in [-0.2, -0.15) is 0 Å². The molecule has 30 heavy (non-hydrogen) atoms. The van der Waals surface area contributed by atoms with E-state index in [1.807, 2.05) is 10.8 Å². The van der Waals surface area contributed by atoms with Crippen LogP contribution in [0.5, 0.6) is 0 Å². The average molecular weight is 420 g/mol. The van der Waals surface area contributed by atoms with Gasteiger partial charge >= 0.3 is 6.09 Å². The molecule has 1 aromatic heterocycles. The fraction of sp³-hybridized carbons (Fsp3) is 0.565. The number of alkyl carbamates (subject to hydrolysis) is 1. The Morgan fingerprint density at radius 1 is 1.17 bits per heavy atom. The number of amides is 1. The molecule has 0 fully saturated rings. The Hall–Kier alpha value is -2.44. The van der Waals surface area contributed by atoms with Crippen LogP contribution in [0, 0.1) is 11.6 Å². The molecule has 5 nitrogen and oxygen atoms in total. The number of rotatable bonds is 2. The van der Waals surface area contributed by atoms with Crippen molar-refractivity contribution in [2.24, 2.45) is 0 Å². The van der Waals surface area contributed by atoms with E-state index >= 15 is 0 Å². The van der Waals surface area contributed by atoms with E-state index in [2.05, 4.69) is 31.1 Å². The van der Waals surface area contributed by atoms with Crippen molar-refractivity contribution in [1.29, 1.82) is 0 Å². The molecule has 0 bridgehead atoms. The van der Waals surface area contributed by atoms with Gasteiger partial charge in [0.25, 0.3) is 0 Å². The molecule has 1 aliphatic rings. The third kappa shape index (κ3) is 4.82. The van der Waals surface area contributed by atoms with Crippen LogP contribution < -0.4 is 5.32 Å². The average Bonchev–Trinajstić information content (AvgIpc) is 2.95. The van der Waals surface area contributed by atoms with Crippen LogP contribution >= 0.6 is 0 Å². The molecule has 2 atom stereocenters. The number of fused-ring (bicyclic) bond motifs is 1. The van der Waals surface area contributed by atoms with Gasteiger partial charge in [0.15, 0.2) is 11.6 Å². The van der Waals surface area contributed by atoms with Gasteiger partial charge in [0.05, 0.1) is 6.04 Å². The Balaban J connectivity index is 1.98. The minimum Gasteiger partial charge on any atom is -0.444 e. The smallest absolute Gasteiger partial charge is 0.408 e. The highest BCUT2D eigenvalue weighted by molar-refractivity contribution is 5.68. The number of aromatic nitrogens is 2. The third-order valence-corrected chi connectivity index (χ3v) is 5.29. The summed E-state index contributed by atoms with van der Waals surface area (Å²) in [5.74, 6) is -1.17. The highest BCUT2D eigenvalue weighted by Gasteiger charge is 2.33. The van der Waals surface area contributed by atoms with Crippen molar-refractivity contribution < 1.29 is 18.3 Å². The Kier molecular flexibility index (Phi) is 5.94. The van der Waals surface area contributed by atoms with Gasteiger partial charge in [0, 0.05) is 29.8 Å². The lowest BCUT2D eigenvalue weighted by atomic mass is 9.91. The molecule has 164 valence electrons. The van der Waals surface area contributed by atoms with Crippen molar-refractivity contribution in [3.05, 3.63) is 53.1 Å². The summed E-state index contributed by atoms with van der Waals surface area (Å²) in [6.07, 6.45) is 2.41. The Morgan fingerprint density at radius 3 is 2.50 bits per heavy atom. The number of nitrogens with one attached hydrogen (secondary N) is 1. The molecule has 1 amide bonds. The van der Waals surface area contributed by atoms with Crippen molar-refractivity contribution in [2.45, 2.75) is 83.9 Å². The zero-order valence-electron chi connectivity index (χ0n) is 18.6. The maximum Gasteiger partial charge on any atom is 0.408 e. The molecule has 2 heterocycles. The van der Waals surface area contributed by atoms with Gasteiger partial charge in [-0.15, -0.1) is 0 Å². The van der Waals surface area contributed by atoms with E-state index in [1.165, 1.54) is 6.07 Å². The van der Waals surface area contributed by atoms with E-state index in [0.29, 0.717) is 30.8 Å².